The summed E-state index contributed by atoms with van der Waals surface area (Å²) in [6.07, 6.45) is 0.397. The highest BCUT2D eigenvalue weighted by Gasteiger charge is 2.13. The maximum atomic E-state index is 11.6. The number of benzene rings is 1. The van der Waals surface area contributed by atoms with E-state index in [0.717, 1.165) is 5.56 Å². The van der Waals surface area contributed by atoms with Gasteiger partial charge >= 0.3 is 0 Å². The van der Waals surface area contributed by atoms with E-state index in [4.69, 9.17) is 5.73 Å². The van der Waals surface area contributed by atoms with Crippen molar-refractivity contribution < 1.29 is 9.59 Å². The zero-order valence-corrected chi connectivity index (χ0v) is 9.04. The Bertz CT molecular complexity index is 397. The topological polar surface area (TPSA) is 60.2 Å². The molecule has 0 saturated heterocycles. The minimum absolute atomic E-state index is 0.0181. The first-order valence-corrected chi connectivity index (χ1v) is 4.97. The Morgan fingerprint density at radius 2 is 1.93 bits per heavy atom. The Morgan fingerprint density at radius 3 is 2.40 bits per heavy atom. The third-order valence-electron chi connectivity index (χ3n) is 2.32. The molecule has 0 radical (unpaired) electrons. The number of nitrogens with two attached hydrogens (primary N) is 1. The van der Waals surface area contributed by atoms with Crippen LogP contribution in [0.15, 0.2) is 18.2 Å². The molecule has 80 valence electrons. The van der Waals surface area contributed by atoms with Crippen molar-refractivity contribution in [3.05, 3.63) is 34.9 Å². The summed E-state index contributed by atoms with van der Waals surface area (Å²) in [7, 11) is 0. The first kappa shape index (κ1) is 11.6. The lowest BCUT2D eigenvalue weighted by Crippen LogP contribution is -2.08. The SMILES string of the molecule is CCC(=O)c1cc(CN)ccc1C(C)=O. The van der Waals surface area contributed by atoms with Gasteiger partial charge in [0.25, 0.3) is 0 Å². The van der Waals surface area contributed by atoms with Crippen LogP contribution in [0.25, 0.3) is 0 Å². The molecular weight excluding hydrogens is 190 g/mol. The molecule has 1 rings (SSSR count). The number of rotatable bonds is 4. The third-order valence-corrected chi connectivity index (χ3v) is 2.32. The van der Waals surface area contributed by atoms with E-state index >= 15 is 0 Å². The van der Waals surface area contributed by atoms with Crippen molar-refractivity contribution in [2.45, 2.75) is 26.8 Å². The van der Waals surface area contributed by atoms with Crippen molar-refractivity contribution in [3.63, 3.8) is 0 Å². The molecule has 0 aromatic heterocycles. The quantitative estimate of drug-likeness (QED) is 0.764. The zero-order valence-electron chi connectivity index (χ0n) is 9.04. The Kier molecular flexibility index (Phi) is 3.74. The van der Waals surface area contributed by atoms with Gasteiger partial charge in [0.05, 0.1) is 0 Å². The van der Waals surface area contributed by atoms with E-state index in [9.17, 15) is 9.59 Å². The Labute approximate surface area is 89.3 Å². The molecule has 0 aliphatic carbocycles. The fourth-order valence-corrected chi connectivity index (χ4v) is 1.45. The van der Waals surface area contributed by atoms with Crippen LogP contribution in [0.2, 0.25) is 0 Å². The van der Waals surface area contributed by atoms with Gasteiger partial charge in [-0.15, -0.1) is 0 Å². The second kappa shape index (κ2) is 4.84. The maximum Gasteiger partial charge on any atom is 0.163 e. The van der Waals surface area contributed by atoms with Crippen LogP contribution in [-0.2, 0) is 6.54 Å². The van der Waals surface area contributed by atoms with E-state index in [1.54, 1.807) is 25.1 Å². The summed E-state index contributed by atoms with van der Waals surface area (Å²) in [6.45, 7) is 3.62. The highest BCUT2D eigenvalue weighted by molar-refractivity contribution is 6.08. The highest BCUT2D eigenvalue weighted by atomic mass is 16.1. The van der Waals surface area contributed by atoms with Gasteiger partial charge in [0.15, 0.2) is 11.6 Å². The number of carbonyl (C=O) groups excluding carboxylic acids is 2. The van der Waals surface area contributed by atoms with E-state index < -0.39 is 0 Å². The first-order chi connectivity index (χ1) is 7.10. The molecule has 0 spiro atoms. The molecule has 15 heavy (non-hydrogen) atoms. The molecule has 0 heterocycles. The average molecular weight is 205 g/mol. The van der Waals surface area contributed by atoms with Crippen molar-refractivity contribution in [2.24, 2.45) is 5.73 Å². The van der Waals surface area contributed by atoms with Crippen molar-refractivity contribution in [2.75, 3.05) is 0 Å². The number of carbonyl (C=O) groups is 2. The van der Waals surface area contributed by atoms with E-state index in [1.807, 2.05) is 0 Å². The van der Waals surface area contributed by atoms with Crippen molar-refractivity contribution in [1.82, 2.24) is 0 Å². The summed E-state index contributed by atoms with van der Waals surface area (Å²) in [5.41, 5.74) is 7.34. The lowest BCUT2D eigenvalue weighted by atomic mass is 9.97. The molecule has 0 saturated carbocycles. The molecule has 2 N–H and O–H groups in total. The monoisotopic (exact) mass is 205 g/mol. The van der Waals surface area contributed by atoms with Crippen LogP contribution < -0.4 is 5.73 Å². The molecule has 0 atom stereocenters. The summed E-state index contributed by atoms with van der Waals surface area (Å²) < 4.78 is 0. The van der Waals surface area contributed by atoms with E-state index in [-0.39, 0.29) is 11.6 Å². The number of hydrogen-bond acceptors (Lipinski definition) is 3. The molecule has 1 aromatic rings. The molecule has 3 heteroatoms. The first-order valence-electron chi connectivity index (χ1n) is 4.97. The van der Waals surface area contributed by atoms with Crippen LogP contribution in [0.3, 0.4) is 0 Å². The minimum Gasteiger partial charge on any atom is -0.326 e. The summed E-state index contributed by atoms with van der Waals surface area (Å²) >= 11 is 0. The second-order valence-corrected chi connectivity index (χ2v) is 3.42. The van der Waals surface area contributed by atoms with Crippen LogP contribution in [0.4, 0.5) is 0 Å². The van der Waals surface area contributed by atoms with Gasteiger partial charge in [-0.2, -0.15) is 0 Å². The minimum atomic E-state index is -0.0876. The molecule has 0 aliphatic rings. The normalized spacial score (nSPS) is 10.1. The second-order valence-electron chi connectivity index (χ2n) is 3.42. The summed E-state index contributed by atoms with van der Waals surface area (Å²) in [4.78, 5) is 22.9. The van der Waals surface area contributed by atoms with Gasteiger partial charge in [-0.05, 0) is 18.6 Å². The maximum absolute atomic E-state index is 11.6. The molecule has 3 nitrogen and oxygen atoms in total. The van der Waals surface area contributed by atoms with E-state index in [0.29, 0.717) is 24.1 Å². The van der Waals surface area contributed by atoms with Gasteiger partial charge in [-0.1, -0.05) is 19.1 Å². The largest absolute Gasteiger partial charge is 0.326 e. The predicted octanol–water partition coefficient (Wildman–Crippen LogP) is 1.94. The van der Waals surface area contributed by atoms with Crippen LogP contribution in [-0.4, -0.2) is 11.6 Å². The number of hydrogen-bond donors (Lipinski definition) is 1. The van der Waals surface area contributed by atoms with Gasteiger partial charge < -0.3 is 5.73 Å². The van der Waals surface area contributed by atoms with Gasteiger partial charge in [-0.25, -0.2) is 0 Å². The van der Waals surface area contributed by atoms with Gasteiger partial charge in [0.1, 0.15) is 0 Å². The molecular formula is C12H15NO2. The zero-order chi connectivity index (χ0) is 11.4. The van der Waals surface area contributed by atoms with Gasteiger partial charge in [0.2, 0.25) is 0 Å². The highest BCUT2D eigenvalue weighted by Crippen LogP contribution is 2.14. The molecule has 0 fully saturated rings. The molecule has 0 aliphatic heterocycles. The van der Waals surface area contributed by atoms with Crippen LogP contribution in [0, 0.1) is 0 Å². The Balaban J connectivity index is 3.28. The van der Waals surface area contributed by atoms with Crippen molar-refractivity contribution >= 4 is 11.6 Å². The molecule has 1 aromatic carbocycles. The Hall–Kier alpha value is -1.48. The van der Waals surface area contributed by atoms with E-state index in [2.05, 4.69) is 0 Å². The third kappa shape index (κ3) is 2.50. The molecule has 0 bridgehead atoms. The number of ketones is 2. The fraction of sp³-hybridized carbons (Fsp3) is 0.333. The van der Waals surface area contributed by atoms with Crippen LogP contribution in [0.5, 0.6) is 0 Å². The van der Waals surface area contributed by atoms with Crippen LogP contribution in [0.1, 0.15) is 46.5 Å². The lowest BCUT2D eigenvalue weighted by molar-refractivity contribution is 0.0965. The fourth-order valence-electron chi connectivity index (χ4n) is 1.45. The summed E-state index contributed by atoms with van der Waals surface area (Å²) in [5.74, 6) is -0.106. The smallest absolute Gasteiger partial charge is 0.163 e. The van der Waals surface area contributed by atoms with Crippen molar-refractivity contribution in [3.8, 4) is 0 Å². The average Bonchev–Trinajstić information content (AvgIpc) is 2.26. The van der Waals surface area contributed by atoms with Crippen LogP contribution >= 0.6 is 0 Å². The van der Waals surface area contributed by atoms with Gasteiger partial charge in [-0.3, -0.25) is 9.59 Å². The summed E-state index contributed by atoms with van der Waals surface area (Å²) in [5, 5.41) is 0. The lowest BCUT2D eigenvalue weighted by Gasteiger charge is -2.06. The Morgan fingerprint density at radius 1 is 1.27 bits per heavy atom. The molecule has 0 unspecified atom stereocenters. The standard InChI is InChI=1S/C12H15NO2/c1-3-12(15)11-6-9(7-13)4-5-10(11)8(2)14/h4-6H,3,7,13H2,1-2H3. The summed E-state index contributed by atoms with van der Waals surface area (Å²) in [6, 6.07) is 5.17. The van der Waals surface area contributed by atoms with Crippen molar-refractivity contribution in [1.29, 1.82) is 0 Å². The van der Waals surface area contributed by atoms with Gasteiger partial charge in [0, 0.05) is 24.1 Å². The molecule has 0 amide bonds. The van der Waals surface area contributed by atoms with E-state index in [1.165, 1.54) is 6.92 Å². The predicted molar refractivity (Wildman–Crippen MR) is 59.0 cm³/mol. The number of Topliss-reactive ketones (excluding diaryl/α,β-unsaturated/α-hetero) is 2.